The predicted octanol–water partition coefficient (Wildman–Crippen LogP) is 5.15. The van der Waals surface area contributed by atoms with Gasteiger partial charge in [-0.25, -0.2) is 14.1 Å². The first-order valence-corrected chi connectivity index (χ1v) is 10.6. The molecule has 0 aliphatic carbocycles. The molecule has 1 N–H and O–H groups in total. The number of amides is 4. The highest BCUT2D eigenvalue weighted by Crippen LogP contribution is 2.27. The van der Waals surface area contributed by atoms with Crippen molar-refractivity contribution in [2.45, 2.75) is 13.3 Å². The predicted molar refractivity (Wildman–Crippen MR) is 124 cm³/mol. The Morgan fingerprint density at radius 1 is 0.969 bits per heavy atom. The minimum atomic E-state index is -0.784. The number of rotatable bonds is 4. The van der Waals surface area contributed by atoms with Gasteiger partial charge in [-0.1, -0.05) is 64.5 Å². The van der Waals surface area contributed by atoms with E-state index in [0.717, 1.165) is 16.0 Å². The Morgan fingerprint density at radius 3 is 2.41 bits per heavy atom. The van der Waals surface area contributed by atoms with E-state index < -0.39 is 17.8 Å². The normalized spacial score (nSPS) is 15.3. The molecule has 0 bridgehead atoms. The Bertz CT molecular complexity index is 1290. The Kier molecular flexibility index (Phi) is 6.01. The van der Waals surface area contributed by atoms with E-state index in [2.05, 4.69) is 21.2 Å². The Labute approximate surface area is 192 Å². The molecule has 160 valence electrons. The minimum Gasteiger partial charge on any atom is -0.273 e. The van der Waals surface area contributed by atoms with Crippen LogP contribution in [0.25, 0.3) is 6.08 Å². The van der Waals surface area contributed by atoms with Crippen LogP contribution in [0, 0.1) is 12.7 Å². The molecule has 1 saturated heterocycles. The topological polar surface area (TPSA) is 66.5 Å². The van der Waals surface area contributed by atoms with Gasteiger partial charge in [0.15, 0.2) is 0 Å². The summed E-state index contributed by atoms with van der Waals surface area (Å²) in [5.74, 6) is -1.73. The van der Waals surface area contributed by atoms with Gasteiger partial charge in [-0.2, -0.15) is 0 Å². The van der Waals surface area contributed by atoms with Crippen molar-refractivity contribution in [1.29, 1.82) is 0 Å². The first-order chi connectivity index (χ1) is 15.3. The number of carbonyl (C=O) groups excluding carboxylic acids is 3. The maximum atomic E-state index is 14.0. The van der Waals surface area contributed by atoms with Crippen LogP contribution in [-0.2, 0) is 16.0 Å². The molecule has 3 aromatic carbocycles. The lowest BCUT2D eigenvalue weighted by atomic mass is 10.0. The summed E-state index contributed by atoms with van der Waals surface area (Å²) in [6.07, 6.45) is 1.83. The van der Waals surface area contributed by atoms with Gasteiger partial charge in [0, 0.05) is 10.9 Å². The molecular formula is C25H18BrFN2O3. The van der Waals surface area contributed by atoms with Gasteiger partial charge in [0.25, 0.3) is 11.8 Å². The molecule has 5 nitrogen and oxygen atoms in total. The number of hydrogen-bond donors (Lipinski definition) is 1. The number of hydrogen-bond acceptors (Lipinski definition) is 3. The number of benzene rings is 3. The molecule has 4 rings (SSSR count). The van der Waals surface area contributed by atoms with E-state index in [9.17, 15) is 18.8 Å². The van der Waals surface area contributed by atoms with E-state index in [0.29, 0.717) is 27.7 Å². The second-order valence-corrected chi connectivity index (χ2v) is 8.22. The molecule has 0 spiro atoms. The number of halogens is 2. The first-order valence-electron chi connectivity index (χ1n) is 9.84. The number of anilines is 1. The van der Waals surface area contributed by atoms with Crippen molar-refractivity contribution in [3.8, 4) is 0 Å². The second kappa shape index (κ2) is 8.88. The first kappa shape index (κ1) is 21.6. The molecule has 0 aromatic heterocycles. The molecule has 0 radical (unpaired) electrons. The molecular weight excluding hydrogens is 475 g/mol. The molecule has 4 amide bonds. The van der Waals surface area contributed by atoms with Gasteiger partial charge in [0.2, 0.25) is 0 Å². The highest BCUT2D eigenvalue weighted by molar-refractivity contribution is 9.10. The van der Waals surface area contributed by atoms with E-state index >= 15 is 0 Å². The SMILES string of the molecule is Cc1ccccc1N1C(=O)NC(=O)/C(=C\c2ccc(Cc3ccccc3F)c(Br)c2)C1=O. The van der Waals surface area contributed by atoms with Gasteiger partial charge in [-0.05, 0) is 53.5 Å². The van der Waals surface area contributed by atoms with Crippen LogP contribution in [0.5, 0.6) is 0 Å². The van der Waals surface area contributed by atoms with E-state index in [1.165, 1.54) is 12.1 Å². The Morgan fingerprint density at radius 2 is 1.69 bits per heavy atom. The molecule has 32 heavy (non-hydrogen) atoms. The number of carbonyl (C=O) groups is 3. The summed E-state index contributed by atoms with van der Waals surface area (Å²) >= 11 is 3.49. The number of para-hydroxylation sites is 1. The van der Waals surface area contributed by atoms with Crippen LogP contribution >= 0.6 is 15.9 Å². The lowest BCUT2D eigenvalue weighted by Gasteiger charge is -2.27. The number of imide groups is 2. The maximum absolute atomic E-state index is 14.0. The Balaban J connectivity index is 1.65. The van der Waals surface area contributed by atoms with Gasteiger partial charge < -0.3 is 0 Å². The standard InChI is InChI=1S/C25H18BrFN2O3/c1-15-6-2-5-9-22(15)29-24(31)19(23(30)28-25(29)32)12-16-10-11-17(20(26)13-16)14-18-7-3-4-8-21(18)27/h2-13H,14H2,1H3,(H,28,30,32)/b19-12+. The summed E-state index contributed by atoms with van der Waals surface area (Å²) < 4.78 is 14.7. The van der Waals surface area contributed by atoms with E-state index in [1.807, 2.05) is 0 Å². The third kappa shape index (κ3) is 4.24. The van der Waals surface area contributed by atoms with Gasteiger partial charge in [-0.15, -0.1) is 0 Å². The summed E-state index contributed by atoms with van der Waals surface area (Å²) in [5, 5.41) is 2.23. The lowest BCUT2D eigenvalue weighted by molar-refractivity contribution is -0.122. The van der Waals surface area contributed by atoms with Crippen molar-refractivity contribution in [3.63, 3.8) is 0 Å². The molecule has 1 heterocycles. The minimum absolute atomic E-state index is 0.151. The monoisotopic (exact) mass is 492 g/mol. The summed E-state index contributed by atoms with van der Waals surface area (Å²) in [4.78, 5) is 38.8. The maximum Gasteiger partial charge on any atom is 0.335 e. The molecule has 7 heteroatoms. The number of barbiturate groups is 1. The fourth-order valence-corrected chi connectivity index (χ4v) is 4.04. The van der Waals surface area contributed by atoms with Crippen molar-refractivity contribution in [2.24, 2.45) is 0 Å². The van der Waals surface area contributed by atoms with Crippen molar-refractivity contribution in [2.75, 3.05) is 4.90 Å². The third-order valence-corrected chi connectivity index (χ3v) is 5.92. The summed E-state index contributed by atoms with van der Waals surface area (Å²) in [6.45, 7) is 1.78. The summed E-state index contributed by atoms with van der Waals surface area (Å²) in [6, 6.07) is 18.0. The fraction of sp³-hybridized carbons (Fsp3) is 0.0800. The van der Waals surface area contributed by atoms with E-state index in [4.69, 9.17) is 0 Å². The smallest absolute Gasteiger partial charge is 0.273 e. The molecule has 0 unspecified atom stereocenters. The molecule has 0 atom stereocenters. The Hall–Kier alpha value is -3.58. The van der Waals surface area contributed by atoms with Gasteiger partial charge in [0.05, 0.1) is 5.69 Å². The fourth-order valence-electron chi connectivity index (χ4n) is 3.50. The zero-order chi connectivity index (χ0) is 22.8. The van der Waals surface area contributed by atoms with Crippen LogP contribution < -0.4 is 10.2 Å². The van der Waals surface area contributed by atoms with Gasteiger partial charge in [-0.3, -0.25) is 14.9 Å². The number of aryl methyl sites for hydroxylation is 1. The molecule has 1 aliphatic heterocycles. The quantitative estimate of drug-likeness (QED) is 0.404. The van der Waals surface area contributed by atoms with E-state index in [-0.39, 0.29) is 11.4 Å². The summed E-state index contributed by atoms with van der Waals surface area (Å²) in [5.41, 5.74) is 3.00. The zero-order valence-electron chi connectivity index (χ0n) is 17.1. The van der Waals surface area contributed by atoms with Crippen LogP contribution in [-0.4, -0.2) is 17.8 Å². The highest BCUT2D eigenvalue weighted by Gasteiger charge is 2.37. The van der Waals surface area contributed by atoms with Crippen LogP contribution in [0.1, 0.15) is 22.3 Å². The van der Waals surface area contributed by atoms with Crippen molar-refractivity contribution in [3.05, 3.63) is 105 Å². The van der Waals surface area contributed by atoms with Crippen molar-refractivity contribution in [1.82, 2.24) is 5.32 Å². The van der Waals surface area contributed by atoms with E-state index in [1.54, 1.807) is 67.6 Å². The average molecular weight is 493 g/mol. The van der Waals surface area contributed by atoms with Crippen molar-refractivity contribution < 1.29 is 18.8 Å². The molecule has 1 aliphatic rings. The van der Waals surface area contributed by atoms with Crippen LogP contribution in [0.3, 0.4) is 0 Å². The van der Waals surface area contributed by atoms with Gasteiger partial charge in [0.1, 0.15) is 11.4 Å². The van der Waals surface area contributed by atoms with Crippen LogP contribution in [0.2, 0.25) is 0 Å². The molecule has 1 fully saturated rings. The van der Waals surface area contributed by atoms with Crippen molar-refractivity contribution >= 4 is 45.5 Å². The number of urea groups is 1. The average Bonchev–Trinajstić information content (AvgIpc) is 2.75. The molecule has 0 saturated carbocycles. The highest BCUT2D eigenvalue weighted by atomic mass is 79.9. The van der Waals surface area contributed by atoms with Gasteiger partial charge >= 0.3 is 6.03 Å². The number of nitrogens with zero attached hydrogens (tertiary/aromatic N) is 1. The van der Waals surface area contributed by atoms with Crippen LogP contribution in [0.15, 0.2) is 76.8 Å². The summed E-state index contributed by atoms with van der Waals surface area (Å²) in [7, 11) is 0. The second-order valence-electron chi connectivity index (χ2n) is 7.36. The largest absolute Gasteiger partial charge is 0.335 e. The zero-order valence-corrected chi connectivity index (χ0v) is 18.6. The third-order valence-electron chi connectivity index (χ3n) is 5.18. The lowest BCUT2D eigenvalue weighted by Crippen LogP contribution is -2.54. The number of nitrogens with one attached hydrogen (secondary N) is 1. The molecule has 3 aromatic rings. The van der Waals surface area contributed by atoms with Crippen LogP contribution in [0.4, 0.5) is 14.9 Å².